The second kappa shape index (κ2) is 15.2. The number of hydrogen-bond acceptors (Lipinski definition) is 7. The molecular weight excluding hydrogens is 582 g/mol. The fraction of sp³-hybridized carbons (Fsp3) is 0.306. The third-order valence-electron chi connectivity index (χ3n) is 8.19. The summed E-state index contributed by atoms with van der Waals surface area (Å²) >= 11 is 1.63. The van der Waals surface area contributed by atoms with E-state index in [1.807, 2.05) is 54.3 Å². The summed E-state index contributed by atoms with van der Waals surface area (Å²) in [7, 11) is 0. The number of piperazine rings is 1. The Kier molecular flexibility index (Phi) is 10.4. The predicted molar refractivity (Wildman–Crippen MR) is 179 cm³/mol. The van der Waals surface area contributed by atoms with Crippen LogP contribution in [0.25, 0.3) is 11.0 Å². The van der Waals surface area contributed by atoms with Crippen molar-refractivity contribution in [3.63, 3.8) is 0 Å². The maximum Gasteiger partial charge on any atom is 0.248 e. The van der Waals surface area contributed by atoms with Gasteiger partial charge in [0.05, 0.1) is 36.0 Å². The van der Waals surface area contributed by atoms with Crippen LogP contribution >= 0.6 is 11.8 Å². The van der Waals surface area contributed by atoms with Crippen LogP contribution in [0.3, 0.4) is 0 Å². The Morgan fingerprint density at radius 1 is 0.978 bits per heavy atom. The van der Waals surface area contributed by atoms with Crippen molar-refractivity contribution in [3.8, 4) is 5.75 Å². The average Bonchev–Trinajstić information content (AvgIpc) is 3.51. The van der Waals surface area contributed by atoms with Crippen molar-refractivity contribution in [2.75, 3.05) is 39.5 Å². The van der Waals surface area contributed by atoms with E-state index in [1.165, 1.54) is 11.1 Å². The molecule has 6 rings (SSSR count). The number of hydrogen-bond donors (Lipinski definition) is 2. The van der Waals surface area contributed by atoms with Gasteiger partial charge in [-0.05, 0) is 36.2 Å². The minimum Gasteiger partial charge on any atom is -0.493 e. The third-order valence-corrected chi connectivity index (χ3v) is 9.08. The monoisotopic (exact) mass is 621 g/mol. The number of ether oxygens (including phenoxy) is 2. The summed E-state index contributed by atoms with van der Waals surface area (Å²) in [6.07, 6.45) is 2.47. The number of carbonyl (C=O) groups is 1. The number of thioether (sulfide) groups is 1. The zero-order valence-corrected chi connectivity index (χ0v) is 26.3. The molecule has 2 N–H and O–H groups in total. The molecule has 8 nitrogen and oxygen atoms in total. The molecule has 1 aliphatic heterocycles. The van der Waals surface area contributed by atoms with Crippen LogP contribution < -0.4 is 10.1 Å². The molecule has 1 fully saturated rings. The number of H-pyrrole nitrogens is 1. The fourth-order valence-electron chi connectivity index (χ4n) is 5.87. The summed E-state index contributed by atoms with van der Waals surface area (Å²) in [5, 5.41) is 4.38. The third kappa shape index (κ3) is 7.73. The molecule has 3 heterocycles. The van der Waals surface area contributed by atoms with Crippen molar-refractivity contribution in [3.05, 3.63) is 120 Å². The van der Waals surface area contributed by atoms with E-state index in [0.717, 1.165) is 46.3 Å². The van der Waals surface area contributed by atoms with E-state index >= 15 is 0 Å². The first-order valence-electron chi connectivity index (χ1n) is 15.5. The first-order valence-corrected chi connectivity index (χ1v) is 16.5. The Morgan fingerprint density at radius 2 is 1.71 bits per heavy atom. The van der Waals surface area contributed by atoms with Gasteiger partial charge in [0.1, 0.15) is 12.4 Å². The molecule has 0 bridgehead atoms. The van der Waals surface area contributed by atoms with Gasteiger partial charge in [-0.2, -0.15) is 0 Å². The molecule has 232 valence electrons. The molecule has 1 aliphatic rings. The van der Waals surface area contributed by atoms with Gasteiger partial charge in [-0.3, -0.25) is 9.78 Å². The molecule has 45 heavy (non-hydrogen) atoms. The van der Waals surface area contributed by atoms with E-state index in [4.69, 9.17) is 9.47 Å². The molecule has 1 atom stereocenters. The number of aromatic nitrogens is 3. The Bertz CT molecular complexity index is 1610. The number of pyridine rings is 1. The second-order valence-electron chi connectivity index (χ2n) is 11.1. The highest BCUT2D eigenvalue weighted by molar-refractivity contribution is 7.98. The minimum absolute atomic E-state index is 0.00292. The Balaban J connectivity index is 0.984. The number of nitrogens with zero attached hydrogens (tertiary/aromatic N) is 3. The number of fused-ring (bicyclic) bond motifs is 1. The average molecular weight is 622 g/mol. The number of imidazole rings is 1. The van der Waals surface area contributed by atoms with Crippen LogP contribution in [0.15, 0.2) is 102 Å². The van der Waals surface area contributed by atoms with E-state index in [0.29, 0.717) is 31.9 Å². The maximum atomic E-state index is 13.5. The number of aromatic amines is 1. The lowest BCUT2D eigenvalue weighted by Crippen LogP contribution is -2.57. The summed E-state index contributed by atoms with van der Waals surface area (Å²) in [4.78, 5) is 28.0. The first-order chi connectivity index (χ1) is 22.2. The SMILES string of the molecule is Cc1c(OCCCOCC(=O)N2CCNCC2C(c2ccccc2)c2ccccc2)ccnc1CSc1nc2ccccc2[nH]1. The van der Waals surface area contributed by atoms with Crippen LogP contribution in [0.1, 0.15) is 34.7 Å². The van der Waals surface area contributed by atoms with Gasteiger partial charge >= 0.3 is 0 Å². The van der Waals surface area contributed by atoms with Gasteiger partial charge in [0.2, 0.25) is 5.91 Å². The van der Waals surface area contributed by atoms with Crippen molar-refractivity contribution in [2.45, 2.75) is 36.2 Å². The van der Waals surface area contributed by atoms with Gasteiger partial charge in [0.25, 0.3) is 0 Å². The van der Waals surface area contributed by atoms with E-state index in [-0.39, 0.29) is 24.5 Å². The molecule has 0 radical (unpaired) electrons. The van der Waals surface area contributed by atoms with Gasteiger partial charge in [-0.25, -0.2) is 4.98 Å². The molecule has 1 unspecified atom stereocenters. The zero-order valence-electron chi connectivity index (χ0n) is 25.5. The van der Waals surface area contributed by atoms with Crippen LogP contribution in [0.5, 0.6) is 5.75 Å². The minimum atomic E-state index is -0.00292. The van der Waals surface area contributed by atoms with Crippen molar-refractivity contribution in [1.82, 2.24) is 25.2 Å². The molecule has 5 aromatic rings. The smallest absolute Gasteiger partial charge is 0.248 e. The lowest BCUT2D eigenvalue weighted by molar-refractivity contribution is -0.139. The van der Waals surface area contributed by atoms with E-state index < -0.39 is 0 Å². The number of amides is 1. The van der Waals surface area contributed by atoms with Crippen LogP contribution in [0.4, 0.5) is 0 Å². The molecule has 2 aromatic heterocycles. The maximum absolute atomic E-state index is 13.5. The van der Waals surface area contributed by atoms with Crippen LogP contribution in [-0.2, 0) is 15.3 Å². The van der Waals surface area contributed by atoms with Gasteiger partial charge in [-0.1, -0.05) is 84.6 Å². The molecule has 9 heteroatoms. The number of carbonyl (C=O) groups excluding carboxylic acids is 1. The summed E-state index contributed by atoms with van der Waals surface area (Å²) in [6.45, 7) is 5.20. The molecule has 0 spiro atoms. The first kappa shape index (κ1) is 30.8. The second-order valence-corrected chi connectivity index (χ2v) is 12.1. The van der Waals surface area contributed by atoms with Crippen molar-refractivity contribution >= 4 is 28.7 Å². The Labute approximate surface area is 268 Å². The fourth-order valence-corrected chi connectivity index (χ4v) is 6.78. The number of rotatable bonds is 13. The topological polar surface area (TPSA) is 92.4 Å². The molecule has 0 aliphatic carbocycles. The number of benzene rings is 3. The predicted octanol–water partition coefficient (Wildman–Crippen LogP) is 5.98. The molecule has 0 saturated carbocycles. The number of para-hydroxylation sites is 2. The highest BCUT2D eigenvalue weighted by Crippen LogP contribution is 2.32. The van der Waals surface area contributed by atoms with E-state index in [9.17, 15) is 4.79 Å². The summed E-state index contributed by atoms with van der Waals surface area (Å²) in [6, 6.07) is 30.8. The largest absolute Gasteiger partial charge is 0.493 e. The molecule has 1 saturated heterocycles. The summed E-state index contributed by atoms with van der Waals surface area (Å²) in [5.74, 6) is 1.60. The molecule has 3 aromatic carbocycles. The lowest BCUT2D eigenvalue weighted by atomic mass is 9.83. The molecular formula is C36H39N5O3S. The summed E-state index contributed by atoms with van der Waals surface area (Å²) < 4.78 is 12.0. The summed E-state index contributed by atoms with van der Waals surface area (Å²) in [5.41, 5.74) is 6.39. The Hall–Kier alpha value is -4.18. The van der Waals surface area contributed by atoms with Crippen molar-refractivity contribution in [1.29, 1.82) is 0 Å². The lowest BCUT2D eigenvalue weighted by Gasteiger charge is -2.41. The van der Waals surface area contributed by atoms with Crippen molar-refractivity contribution < 1.29 is 14.3 Å². The van der Waals surface area contributed by atoms with Gasteiger partial charge in [0.15, 0.2) is 5.16 Å². The zero-order chi connectivity index (χ0) is 30.8. The highest BCUT2D eigenvalue weighted by Gasteiger charge is 2.34. The van der Waals surface area contributed by atoms with Gasteiger partial charge in [-0.15, -0.1) is 0 Å². The van der Waals surface area contributed by atoms with Crippen LogP contribution in [0.2, 0.25) is 0 Å². The van der Waals surface area contributed by atoms with Crippen LogP contribution in [0, 0.1) is 6.92 Å². The van der Waals surface area contributed by atoms with Crippen LogP contribution in [-0.4, -0.2) is 71.3 Å². The van der Waals surface area contributed by atoms with Crippen molar-refractivity contribution in [2.24, 2.45) is 0 Å². The van der Waals surface area contributed by atoms with E-state index in [1.54, 1.807) is 18.0 Å². The molecule has 1 amide bonds. The normalized spacial score (nSPS) is 15.1. The highest BCUT2D eigenvalue weighted by atomic mass is 32.2. The standard InChI is InChI=1S/C36H39N5O3S/c1-26-31(25-45-36-39-29-15-8-9-16-30(29)40-36)38-18-17-33(26)44-22-10-21-43-24-34(42)41-20-19-37-23-32(41)35(27-11-4-2-5-12-27)28-13-6-3-7-14-28/h2-9,11-18,32,35,37H,10,19-25H2,1H3,(H,39,40). The van der Waals surface area contributed by atoms with Gasteiger partial charge < -0.3 is 24.7 Å². The van der Waals surface area contributed by atoms with E-state index in [2.05, 4.69) is 68.8 Å². The number of nitrogens with one attached hydrogen (secondary N) is 2. The Morgan fingerprint density at radius 3 is 2.47 bits per heavy atom. The van der Waals surface area contributed by atoms with Gasteiger partial charge in [0, 0.05) is 49.5 Å². The quantitative estimate of drug-likeness (QED) is 0.124.